The first-order valence-electron chi connectivity index (χ1n) is 7.61. The van der Waals surface area contributed by atoms with Crippen molar-refractivity contribution >= 4 is 33.2 Å². The maximum absolute atomic E-state index is 12.1. The van der Waals surface area contributed by atoms with Gasteiger partial charge >= 0.3 is 0 Å². The minimum atomic E-state index is -0.495. The third kappa shape index (κ3) is 5.27. The quantitative estimate of drug-likeness (QED) is 0.543. The fourth-order valence-corrected chi connectivity index (χ4v) is 2.85. The Morgan fingerprint density at radius 3 is 2.76 bits per heavy atom. The number of ether oxygens (including phenoxy) is 1. The summed E-state index contributed by atoms with van der Waals surface area (Å²) in [5.41, 5.74) is 1.40. The molecule has 7 nitrogen and oxygen atoms in total. The van der Waals surface area contributed by atoms with Crippen LogP contribution in [0.5, 0.6) is 5.75 Å². The van der Waals surface area contributed by atoms with Crippen LogP contribution in [0.4, 0.5) is 11.4 Å². The highest BCUT2D eigenvalue weighted by Gasteiger charge is 2.14. The van der Waals surface area contributed by atoms with E-state index in [1.165, 1.54) is 18.2 Å². The maximum atomic E-state index is 12.1. The summed E-state index contributed by atoms with van der Waals surface area (Å²) in [6, 6.07) is 11.7. The first-order valence-corrected chi connectivity index (χ1v) is 8.41. The van der Waals surface area contributed by atoms with E-state index in [1.807, 2.05) is 30.4 Å². The van der Waals surface area contributed by atoms with Gasteiger partial charge < -0.3 is 15.4 Å². The molecule has 25 heavy (non-hydrogen) atoms. The molecule has 0 aliphatic rings. The molecular formula is C17H19BrN3O4+. The van der Waals surface area contributed by atoms with Crippen LogP contribution in [0.3, 0.4) is 0 Å². The highest BCUT2D eigenvalue weighted by molar-refractivity contribution is 9.10. The van der Waals surface area contributed by atoms with Crippen molar-refractivity contribution in [3.8, 4) is 5.75 Å². The number of nitrogens with zero attached hydrogens (tertiary/aromatic N) is 1. The number of quaternary nitrogens is 1. The fourth-order valence-electron chi connectivity index (χ4n) is 2.30. The Balaban J connectivity index is 1.92. The van der Waals surface area contributed by atoms with E-state index in [0.717, 1.165) is 15.8 Å². The predicted molar refractivity (Wildman–Crippen MR) is 97.6 cm³/mol. The molecular weight excluding hydrogens is 390 g/mol. The van der Waals surface area contributed by atoms with Crippen LogP contribution >= 0.6 is 15.9 Å². The van der Waals surface area contributed by atoms with Crippen molar-refractivity contribution in [3.05, 3.63) is 62.6 Å². The van der Waals surface area contributed by atoms with Crippen LogP contribution in [0.2, 0.25) is 0 Å². The number of amides is 1. The summed E-state index contributed by atoms with van der Waals surface area (Å²) in [5.74, 6) is 0.527. The number of carbonyl (C=O) groups excluding carboxylic acids is 1. The van der Waals surface area contributed by atoms with Crippen molar-refractivity contribution in [1.29, 1.82) is 0 Å². The molecule has 8 heteroatoms. The van der Waals surface area contributed by atoms with E-state index in [4.69, 9.17) is 4.74 Å². The van der Waals surface area contributed by atoms with Gasteiger partial charge in [-0.15, -0.1) is 0 Å². The zero-order valence-corrected chi connectivity index (χ0v) is 15.4. The van der Waals surface area contributed by atoms with E-state index >= 15 is 0 Å². The molecule has 2 aromatic rings. The summed E-state index contributed by atoms with van der Waals surface area (Å²) < 4.78 is 6.06. The Morgan fingerprint density at radius 2 is 2.12 bits per heavy atom. The van der Waals surface area contributed by atoms with Gasteiger partial charge in [0.05, 0.1) is 16.5 Å². The number of rotatable bonds is 7. The van der Waals surface area contributed by atoms with E-state index in [9.17, 15) is 14.9 Å². The summed E-state index contributed by atoms with van der Waals surface area (Å²) >= 11 is 3.45. The molecule has 2 rings (SSSR count). The lowest BCUT2D eigenvalue weighted by Crippen LogP contribution is -2.86. The number of nitrogens with one attached hydrogen (secondary N) is 1. The summed E-state index contributed by atoms with van der Waals surface area (Å²) in [4.78, 5) is 22.3. The standard InChI is InChI=1S/C17H18BrN3O4/c1-11(12-6-7-16(25-2)15(18)8-12)19-10-17(22)20-13-4-3-5-14(9-13)21(23)24/h3-9,11,19H,10H2,1-2H3,(H,20,22)/p+1/t11-/m0/s1. The molecule has 0 aliphatic carbocycles. The summed E-state index contributed by atoms with van der Waals surface area (Å²) in [7, 11) is 1.60. The van der Waals surface area contributed by atoms with Crippen molar-refractivity contribution in [3.63, 3.8) is 0 Å². The Hall–Kier alpha value is -2.45. The van der Waals surface area contributed by atoms with Gasteiger partial charge in [0.1, 0.15) is 11.8 Å². The van der Waals surface area contributed by atoms with E-state index in [2.05, 4.69) is 21.2 Å². The number of nitrogens with two attached hydrogens (primary N) is 1. The molecule has 0 spiro atoms. The number of carbonyl (C=O) groups is 1. The van der Waals surface area contributed by atoms with Crippen LogP contribution in [0.15, 0.2) is 46.9 Å². The van der Waals surface area contributed by atoms with Gasteiger partial charge in [0.25, 0.3) is 11.6 Å². The monoisotopic (exact) mass is 408 g/mol. The van der Waals surface area contributed by atoms with E-state index in [0.29, 0.717) is 5.69 Å². The lowest BCUT2D eigenvalue weighted by Gasteiger charge is -2.13. The van der Waals surface area contributed by atoms with Crippen molar-refractivity contribution in [1.82, 2.24) is 0 Å². The summed E-state index contributed by atoms with van der Waals surface area (Å²) in [6.45, 7) is 2.20. The molecule has 0 aliphatic heterocycles. The van der Waals surface area contributed by atoms with Gasteiger partial charge in [-0.3, -0.25) is 14.9 Å². The number of nitro benzene ring substituents is 1. The maximum Gasteiger partial charge on any atom is 0.279 e. The van der Waals surface area contributed by atoms with Crippen molar-refractivity contribution in [2.24, 2.45) is 0 Å². The number of hydrogen-bond donors (Lipinski definition) is 2. The van der Waals surface area contributed by atoms with Crippen LogP contribution in [0.1, 0.15) is 18.5 Å². The van der Waals surface area contributed by atoms with Gasteiger partial charge in [-0.1, -0.05) is 6.07 Å². The summed E-state index contributed by atoms with van der Waals surface area (Å²) in [6.07, 6.45) is 0. The molecule has 0 saturated carbocycles. The van der Waals surface area contributed by atoms with E-state index < -0.39 is 4.92 Å². The topological polar surface area (TPSA) is 98.1 Å². The Labute approximate surface area is 153 Å². The average molecular weight is 409 g/mol. The number of halogens is 1. The molecule has 0 unspecified atom stereocenters. The van der Waals surface area contributed by atoms with Crippen LogP contribution in [-0.4, -0.2) is 24.5 Å². The van der Waals surface area contributed by atoms with Crippen molar-refractivity contribution in [2.75, 3.05) is 19.0 Å². The molecule has 0 fully saturated rings. The number of anilines is 1. The van der Waals surface area contributed by atoms with Gasteiger partial charge in [0, 0.05) is 23.4 Å². The zero-order chi connectivity index (χ0) is 18.4. The van der Waals surface area contributed by atoms with Crippen molar-refractivity contribution in [2.45, 2.75) is 13.0 Å². The molecule has 0 radical (unpaired) electrons. The SMILES string of the molecule is COc1ccc([C@H](C)[NH2+]CC(=O)Nc2cccc([N+](=O)[O-])c2)cc1Br. The third-order valence-electron chi connectivity index (χ3n) is 3.70. The van der Waals surface area contributed by atoms with Gasteiger partial charge in [0.15, 0.2) is 6.54 Å². The molecule has 0 aromatic heterocycles. The highest BCUT2D eigenvalue weighted by Crippen LogP contribution is 2.27. The zero-order valence-electron chi connectivity index (χ0n) is 13.9. The molecule has 132 valence electrons. The van der Waals surface area contributed by atoms with Crippen LogP contribution in [0, 0.1) is 10.1 Å². The molecule has 2 aromatic carbocycles. The number of hydrogen-bond acceptors (Lipinski definition) is 4. The second-order valence-electron chi connectivity index (χ2n) is 5.48. The second kappa shape index (κ2) is 8.59. The Morgan fingerprint density at radius 1 is 1.36 bits per heavy atom. The smallest absolute Gasteiger partial charge is 0.279 e. The van der Waals surface area contributed by atoms with E-state index in [1.54, 1.807) is 13.2 Å². The number of benzene rings is 2. The first-order chi connectivity index (χ1) is 11.9. The second-order valence-corrected chi connectivity index (χ2v) is 6.33. The van der Waals surface area contributed by atoms with Gasteiger partial charge in [-0.05, 0) is 47.1 Å². The van der Waals surface area contributed by atoms with E-state index in [-0.39, 0.29) is 24.2 Å². The van der Waals surface area contributed by atoms with Gasteiger partial charge in [0.2, 0.25) is 0 Å². The minimum absolute atomic E-state index is 0.0572. The lowest BCUT2D eigenvalue weighted by molar-refractivity contribution is -0.682. The molecule has 3 N–H and O–H groups in total. The molecule has 0 heterocycles. The number of methoxy groups -OCH3 is 1. The Bertz CT molecular complexity index is 782. The summed E-state index contributed by atoms with van der Waals surface area (Å²) in [5, 5.41) is 15.3. The van der Waals surface area contributed by atoms with Crippen molar-refractivity contribution < 1.29 is 19.8 Å². The molecule has 1 amide bonds. The highest BCUT2D eigenvalue weighted by atomic mass is 79.9. The van der Waals surface area contributed by atoms with Gasteiger partial charge in [-0.25, -0.2) is 0 Å². The Kier molecular flexibility index (Phi) is 6.49. The van der Waals surface area contributed by atoms with Crippen LogP contribution in [-0.2, 0) is 4.79 Å². The molecule has 1 atom stereocenters. The molecule has 0 bridgehead atoms. The average Bonchev–Trinajstić information content (AvgIpc) is 2.59. The van der Waals surface area contributed by atoms with Gasteiger partial charge in [-0.2, -0.15) is 0 Å². The van der Waals surface area contributed by atoms with Crippen LogP contribution < -0.4 is 15.4 Å². The number of non-ortho nitro benzene ring substituents is 1. The first kappa shape index (κ1) is 18.9. The van der Waals surface area contributed by atoms with Crippen LogP contribution in [0.25, 0.3) is 0 Å². The molecule has 0 saturated heterocycles. The number of nitro groups is 1. The fraction of sp³-hybridized carbons (Fsp3) is 0.235. The third-order valence-corrected chi connectivity index (χ3v) is 4.32. The predicted octanol–water partition coefficient (Wildman–Crippen LogP) is 2.63. The normalized spacial score (nSPS) is 11.6. The minimum Gasteiger partial charge on any atom is -0.496 e. The largest absolute Gasteiger partial charge is 0.496 e. The lowest BCUT2D eigenvalue weighted by atomic mass is 10.1.